The maximum absolute atomic E-state index is 12.2. The number of imide groups is 1. The van der Waals surface area contributed by atoms with Crippen LogP contribution in [-0.4, -0.2) is 34.2 Å². The van der Waals surface area contributed by atoms with E-state index in [0.29, 0.717) is 22.0 Å². The van der Waals surface area contributed by atoms with Crippen molar-refractivity contribution in [1.29, 1.82) is 0 Å². The summed E-state index contributed by atoms with van der Waals surface area (Å²) >= 11 is 5.81. The summed E-state index contributed by atoms with van der Waals surface area (Å²) < 4.78 is 0. The Balaban J connectivity index is 1.62. The van der Waals surface area contributed by atoms with Crippen molar-refractivity contribution in [3.05, 3.63) is 58.7 Å². The van der Waals surface area contributed by atoms with Gasteiger partial charge in [-0.15, -0.1) is 0 Å². The van der Waals surface area contributed by atoms with E-state index in [4.69, 9.17) is 11.6 Å². The number of aromatic nitrogens is 1. The fraction of sp³-hybridized carbons (Fsp3) is 0.125. The van der Waals surface area contributed by atoms with Crippen molar-refractivity contribution in [2.45, 2.75) is 6.42 Å². The van der Waals surface area contributed by atoms with E-state index in [0.717, 1.165) is 4.90 Å². The van der Waals surface area contributed by atoms with E-state index < -0.39 is 0 Å². The zero-order valence-electron chi connectivity index (χ0n) is 12.0. The van der Waals surface area contributed by atoms with Crippen LogP contribution in [0.3, 0.4) is 0 Å². The lowest BCUT2D eigenvalue weighted by molar-refractivity contribution is -0.116. The molecule has 0 unspecified atom stereocenters. The van der Waals surface area contributed by atoms with Crippen LogP contribution in [0.2, 0.25) is 5.02 Å². The van der Waals surface area contributed by atoms with Gasteiger partial charge in [0.05, 0.1) is 11.1 Å². The third kappa shape index (κ3) is 3.07. The quantitative estimate of drug-likeness (QED) is 0.873. The summed E-state index contributed by atoms with van der Waals surface area (Å²) in [4.78, 5) is 41.3. The standard InChI is InChI=1S/C16H12ClN3O3/c17-10-5-7-18-13(9-10)19-14(21)6-8-20-15(22)11-3-1-2-4-12(11)16(20)23/h1-5,7,9H,6,8H2,(H,18,19,21). The summed E-state index contributed by atoms with van der Waals surface area (Å²) in [5.74, 6) is -0.778. The minimum absolute atomic E-state index is 0.0126. The summed E-state index contributed by atoms with van der Waals surface area (Å²) in [7, 11) is 0. The van der Waals surface area contributed by atoms with Gasteiger partial charge in [-0.05, 0) is 24.3 Å². The second-order valence-corrected chi connectivity index (χ2v) is 5.40. The normalized spacial score (nSPS) is 13.2. The number of benzene rings is 1. The molecule has 0 spiro atoms. The van der Waals surface area contributed by atoms with Gasteiger partial charge in [-0.2, -0.15) is 0 Å². The number of amides is 3. The Morgan fingerprint density at radius 2 is 1.78 bits per heavy atom. The number of pyridine rings is 1. The first-order chi connectivity index (χ1) is 11.1. The molecule has 3 rings (SSSR count). The number of anilines is 1. The molecule has 0 aliphatic carbocycles. The summed E-state index contributed by atoms with van der Waals surface area (Å²) in [6, 6.07) is 9.71. The molecule has 7 heteroatoms. The van der Waals surface area contributed by atoms with E-state index in [1.807, 2.05) is 0 Å². The molecule has 0 fully saturated rings. The van der Waals surface area contributed by atoms with Crippen molar-refractivity contribution in [2.24, 2.45) is 0 Å². The molecule has 2 aromatic rings. The molecule has 1 aliphatic rings. The molecule has 6 nitrogen and oxygen atoms in total. The number of rotatable bonds is 4. The van der Waals surface area contributed by atoms with Crippen molar-refractivity contribution in [3.63, 3.8) is 0 Å². The summed E-state index contributed by atoms with van der Waals surface area (Å²) in [5.41, 5.74) is 0.740. The molecule has 0 radical (unpaired) electrons. The lowest BCUT2D eigenvalue weighted by Crippen LogP contribution is -2.32. The fourth-order valence-electron chi connectivity index (χ4n) is 2.33. The second kappa shape index (κ2) is 6.18. The molecule has 0 atom stereocenters. The lowest BCUT2D eigenvalue weighted by Gasteiger charge is -2.13. The van der Waals surface area contributed by atoms with Gasteiger partial charge >= 0.3 is 0 Å². The van der Waals surface area contributed by atoms with Crippen LogP contribution in [0, 0.1) is 0 Å². The third-order valence-electron chi connectivity index (χ3n) is 3.43. The van der Waals surface area contributed by atoms with Crippen LogP contribution in [0.4, 0.5) is 5.82 Å². The molecule has 0 saturated carbocycles. The number of fused-ring (bicyclic) bond motifs is 1. The van der Waals surface area contributed by atoms with Gasteiger partial charge in [0.2, 0.25) is 5.91 Å². The molecule has 23 heavy (non-hydrogen) atoms. The van der Waals surface area contributed by atoms with Crippen LogP contribution in [0.25, 0.3) is 0 Å². The van der Waals surface area contributed by atoms with Crippen LogP contribution >= 0.6 is 11.6 Å². The maximum atomic E-state index is 12.2. The minimum atomic E-state index is -0.376. The van der Waals surface area contributed by atoms with Gasteiger partial charge in [0, 0.05) is 24.2 Å². The predicted octanol–water partition coefficient (Wildman–Crippen LogP) is 2.36. The largest absolute Gasteiger partial charge is 0.311 e. The van der Waals surface area contributed by atoms with Gasteiger partial charge in [0.1, 0.15) is 5.82 Å². The predicted molar refractivity (Wildman–Crippen MR) is 84.3 cm³/mol. The minimum Gasteiger partial charge on any atom is -0.311 e. The first kappa shape index (κ1) is 15.2. The van der Waals surface area contributed by atoms with Gasteiger partial charge in [-0.1, -0.05) is 23.7 Å². The Morgan fingerprint density at radius 1 is 1.13 bits per heavy atom. The van der Waals surface area contributed by atoms with Crippen LogP contribution < -0.4 is 5.32 Å². The highest BCUT2D eigenvalue weighted by atomic mass is 35.5. The van der Waals surface area contributed by atoms with Gasteiger partial charge < -0.3 is 5.32 Å². The summed E-state index contributed by atoms with van der Waals surface area (Å²) in [6.07, 6.45) is 1.46. The number of hydrogen-bond acceptors (Lipinski definition) is 4. The smallest absolute Gasteiger partial charge is 0.261 e. The van der Waals surface area contributed by atoms with Crippen molar-refractivity contribution in [2.75, 3.05) is 11.9 Å². The van der Waals surface area contributed by atoms with Crippen molar-refractivity contribution >= 4 is 35.1 Å². The average molecular weight is 330 g/mol. The van der Waals surface area contributed by atoms with Crippen LogP contribution in [0.1, 0.15) is 27.1 Å². The third-order valence-corrected chi connectivity index (χ3v) is 3.67. The van der Waals surface area contributed by atoms with Crippen molar-refractivity contribution in [1.82, 2.24) is 9.88 Å². The highest BCUT2D eigenvalue weighted by molar-refractivity contribution is 6.30. The highest BCUT2D eigenvalue weighted by Gasteiger charge is 2.34. The Bertz CT molecular complexity index is 772. The van der Waals surface area contributed by atoms with Crippen molar-refractivity contribution in [3.8, 4) is 0 Å². The topological polar surface area (TPSA) is 79.4 Å². The van der Waals surface area contributed by atoms with Gasteiger partial charge in [0.15, 0.2) is 0 Å². The molecule has 3 amide bonds. The fourth-order valence-corrected chi connectivity index (χ4v) is 2.49. The number of carbonyl (C=O) groups excluding carboxylic acids is 3. The highest BCUT2D eigenvalue weighted by Crippen LogP contribution is 2.22. The maximum Gasteiger partial charge on any atom is 0.261 e. The van der Waals surface area contributed by atoms with Crippen LogP contribution in [0.15, 0.2) is 42.6 Å². The van der Waals surface area contributed by atoms with E-state index in [-0.39, 0.29) is 30.7 Å². The molecule has 0 bridgehead atoms. The van der Waals surface area contributed by atoms with Gasteiger partial charge in [0.25, 0.3) is 11.8 Å². The molecule has 1 aromatic heterocycles. The van der Waals surface area contributed by atoms with Crippen molar-refractivity contribution < 1.29 is 14.4 Å². The van der Waals surface area contributed by atoms with E-state index in [1.54, 1.807) is 30.3 Å². The first-order valence-corrected chi connectivity index (χ1v) is 7.30. The van der Waals surface area contributed by atoms with Gasteiger partial charge in [-0.3, -0.25) is 19.3 Å². The number of carbonyl (C=O) groups is 3. The SMILES string of the molecule is O=C(CCN1C(=O)c2ccccc2C1=O)Nc1cc(Cl)ccn1. The molecular weight excluding hydrogens is 318 g/mol. The van der Waals surface area contributed by atoms with Gasteiger partial charge in [-0.25, -0.2) is 4.98 Å². The zero-order valence-corrected chi connectivity index (χ0v) is 12.7. The monoisotopic (exact) mass is 329 g/mol. The number of nitrogens with zero attached hydrogens (tertiary/aromatic N) is 2. The number of nitrogens with one attached hydrogen (secondary N) is 1. The lowest BCUT2D eigenvalue weighted by atomic mass is 10.1. The molecule has 1 aliphatic heterocycles. The zero-order chi connectivity index (χ0) is 16.4. The Labute approximate surface area is 137 Å². The van der Waals surface area contributed by atoms with E-state index in [9.17, 15) is 14.4 Å². The van der Waals surface area contributed by atoms with E-state index in [1.165, 1.54) is 12.3 Å². The molecule has 116 valence electrons. The van der Waals surface area contributed by atoms with E-state index >= 15 is 0 Å². The molecule has 1 N–H and O–H groups in total. The Hall–Kier alpha value is -2.73. The van der Waals surface area contributed by atoms with Crippen LogP contribution in [0.5, 0.6) is 0 Å². The Kier molecular flexibility index (Phi) is 4.08. The molecule has 1 aromatic carbocycles. The average Bonchev–Trinajstić information content (AvgIpc) is 2.77. The Morgan fingerprint density at radius 3 is 2.39 bits per heavy atom. The summed E-state index contributed by atoms with van der Waals surface area (Å²) in [5, 5.41) is 3.03. The second-order valence-electron chi connectivity index (χ2n) is 4.97. The van der Waals surface area contributed by atoms with Crippen LogP contribution in [-0.2, 0) is 4.79 Å². The first-order valence-electron chi connectivity index (χ1n) is 6.93. The molecule has 0 saturated heterocycles. The van der Waals surface area contributed by atoms with E-state index in [2.05, 4.69) is 10.3 Å². The number of halogens is 1. The number of hydrogen-bond donors (Lipinski definition) is 1. The molecule has 2 heterocycles. The summed E-state index contributed by atoms with van der Waals surface area (Å²) in [6.45, 7) is 0.0126. The molecular formula is C16H12ClN3O3.